The van der Waals surface area contributed by atoms with Crippen LogP contribution in [0.3, 0.4) is 0 Å². The van der Waals surface area contributed by atoms with Gasteiger partial charge in [-0.1, -0.05) is 35.6 Å². The molecule has 0 unspecified atom stereocenters. The molecule has 7 rings (SSSR count). The predicted octanol–water partition coefficient (Wildman–Crippen LogP) is 4.34. The van der Waals surface area contributed by atoms with Crippen molar-refractivity contribution >= 4 is 53.4 Å². The number of aromatic nitrogens is 1. The summed E-state index contributed by atoms with van der Waals surface area (Å²) in [5.74, 6) is 0.204. The van der Waals surface area contributed by atoms with Crippen molar-refractivity contribution in [2.45, 2.75) is 36.3 Å². The Balaban J connectivity index is 1.11. The van der Waals surface area contributed by atoms with Gasteiger partial charge in [-0.3, -0.25) is 15.0 Å². The molecule has 0 spiro atoms. The summed E-state index contributed by atoms with van der Waals surface area (Å²) in [6.07, 6.45) is 3.18. The number of nitrogens with one attached hydrogen (secondary N) is 1. The number of fused-ring (bicyclic) bond motifs is 4. The zero-order valence-corrected chi connectivity index (χ0v) is 23.5. The van der Waals surface area contributed by atoms with Crippen LogP contribution >= 0.6 is 11.3 Å². The number of benzene rings is 3. The highest BCUT2D eigenvalue weighted by Crippen LogP contribution is 2.32. The maximum Gasteiger partial charge on any atom is 0.261 e. The highest BCUT2D eigenvalue weighted by atomic mass is 32.2. The lowest BCUT2D eigenvalue weighted by atomic mass is 10.1. The zero-order chi connectivity index (χ0) is 27.3. The fourth-order valence-electron chi connectivity index (χ4n) is 5.90. The number of hydrogen-bond donors (Lipinski definition) is 1. The number of ether oxygens (including phenoxy) is 2. The molecule has 208 valence electrons. The number of likely N-dealkylation sites (tertiary alicyclic amines) is 1. The molecule has 0 saturated carbocycles. The summed E-state index contributed by atoms with van der Waals surface area (Å²) < 4.78 is 40.2. The molecule has 3 saturated heterocycles. The average molecular weight is 579 g/mol. The fraction of sp³-hybridized carbons (Fsp3) is 0.379. The van der Waals surface area contributed by atoms with Crippen molar-refractivity contribution in [2.75, 3.05) is 44.7 Å². The van der Waals surface area contributed by atoms with E-state index >= 15 is 0 Å². The van der Waals surface area contributed by atoms with E-state index in [2.05, 4.69) is 15.2 Å². The van der Waals surface area contributed by atoms with Gasteiger partial charge >= 0.3 is 0 Å². The highest BCUT2D eigenvalue weighted by molar-refractivity contribution is 7.89. The molecule has 1 aromatic heterocycles. The molecular weight excluding hydrogens is 548 g/mol. The molecule has 9 nitrogen and oxygen atoms in total. The summed E-state index contributed by atoms with van der Waals surface area (Å²) in [6, 6.07) is 17.0. The molecule has 0 aliphatic carbocycles. The molecule has 0 radical (unpaired) electrons. The third kappa shape index (κ3) is 4.86. The molecule has 40 heavy (non-hydrogen) atoms. The number of hydrogen-bond acceptors (Lipinski definition) is 8. The summed E-state index contributed by atoms with van der Waals surface area (Å²) in [7, 11) is -3.53. The average Bonchev–Trinajstić information content (AvgIpc) is 3.77. The largest absolute Gasteiger partial charge is 0.491 e. The van der Waals surface area contributed by atoms with E-state index in [-0.39, 0.29) is 10.8 Å². The third-order valence-electron chi connectivity index (χ3n) is 8.03. The Morgan fingerprint density at radius 1 is 1.10 bits per heavy atom. The van der Waals surface area contributed by atoms with Crippen LogP contribution in [0.1, 0.15) is 29.6 Å². The van der Waals surface area contributed by atoms with E-state index in [1.54, 1.807) is 18.2 Å². The number of rotatable bonds is 8. The highest BCUT2D eigenvalue weighted by Gasteiger charge is 2.38. The Hall–Kier alpha value is -3.09. The molecule has 11 heteroatoms. The van der Waals surface area contributed by atoms with Crippen molar-refractivity contribution < 1.29 is 22.7 Å². The SMILES string of the molecule is O=C(Nc1nc2ccc(S(=O)(=O)N3CCCC3)cc2s1)c1cc2ccccc2cc1OCCN1C[C@H]2C[C@@H]1CO2. The predicted molar refractivity (Wildman–Crippen MR) is 155 cm³/mol. The van der Waals surface area contributed by atoms with Crippen LogP contribution < -0.4 is 10.1 Å². The van der Waals surface area contributed by atoms with Crippen molar-refractivity contribution in [1.29, 1.82) is 0 Å². The lowest BCUT2D eigenvalue weighted by molar-refractivity contribution is 0.0257. The Bertz CT molecular complexity index is 1700. The van der Waals surface area contributed by atoms with Gasteiger partial charge in [-0.15, -0.1) is 0 Å². The van der Waals surface area contributed by atoms with E-state index in [1.165, 1.54) is 15.6 Å². The Kier molecular flexibility index (Phi) is 6.71. The normalized spacial score (nSPS) is 21.5. The number of morpholine rings is 1. The molecule has 3 aliphatic rings. The molecule has 1 N–H and O–H groups in total. The van der Waals surface area contributed by atoms with Crippen molar-refractivity contribution in [3.05, 3.63) is 60.2 Å². The lowest BCUT2D eigenvalue weighted by Gasteiger charge is -2.26. The Morgan fingerprint density at radius 2 is 1.90 bits per heavy atom. The molecule has 3 fully saturated rings. The van der Waals surface area contributed by atoms with Gasteiger partial charge in [0.05, 0.1) is 33.4 Å². The third-order valence-corrected chi connectivity index (χ3v) is 10.9. The minimum atomic E-state index is -3.53. The van der Waals surface area contributed by atoms with Crippen LogP contribution in [0.15, 0.2) is 59.5 Å². The number of anilines is 1. The molecular formula is C29H30N4O5S2. The summed E-state index contributed by atoms with van der Waals surface area (Å²) in [4.78, 5) is 20.7. The van der Waals surface area contributed by atoms with E-state index in [4.69, 9.17) is 9.47 Å². The molecule has 1 amide bonds. The minimum Gasteiger partial charge on any atom is -0.491 e. The van der Waals surface area contributed by atoms with Crippen molar-refractivity contribution in [3.63, 3.8) is 0 Å². The first-order valence-electron chi connectivity index (χ1n) is 13.7. The zero-order valence-electron chi connectivity index (χ0n) is 21.9. The fourth-order valence-corrected chi connectivity index (χ4v) is 8.42. The smallest absolute Gasteiger partial charge is 0.261 e. The van der Waals surface area contributed by atoms with Crippen LogP contribution in [0.5, 0.6) is 5.75 Å². The van der Waals surface area contributed by atoms with E-state index in [0.29, 0.717) is 58.5 Å². The monoisotopic (exact) mass is 578 g/mol. The second kappa shape index (κ2) is 10.4. The van der Waals surface area contributed by atoms with Crippen LogP contribution in [-0.4, -0.2) is 80.1 Å². The number of amides is 1. The van der Waals surface area contributed by atoms with Crippen LogP contribution in [0.2, 0.25) is 0 Å². The lowest BCUT2D eigenvalue weighted by Crippen LogP contribution is -2.39. The Labute approximate surface area is 236 Å². The standard InChI is InChI=1S/C29H30N4O5S2/c34-28(31-29-30-25-8-7-23(16-27(25)39-29)40(35,36)33-9-3-4-10-33)24-13-19-5-1-2-6-20(19)14-26(24)37-12-11-32-17-22-15-21(32)18-38-22/h1-2,5-8,13-14,16,21-22H,3-4,9-12,15,17-18H2,(H,30,31,34)/t21-,22-/m1/s1. The van der Waals surface area contributed by atoms with Gasteiger partial charge in [-0.05, 0) is 60.4 Å². The summed E-state index contributed by atoms with van der Waals surface area (Å²) in [5, 5.41) is 5.26. The first kappa shape index (κ1) is 25.8. The first-order valence-corrected chi connectivity index (χ1v) is 15.9. The Morgan fingerprint density at radius 3 is 2.65 bits per heavy atom. The first-order chi connectivity index (χ1) is 19.4. The molecule has 4 heterocycles. The topological polar surface area (TPSA) is 101 Å². The number of carbonyl (C=O) groups is 1. The molecule has 3 aromatic carbocycles. The quantitative estimate of drug-likeness (QED) is 0.332. The number of sulfonamides is 1. The van der Waals surface area contributed by atoms with Crippen LogP contribution in [0.4, 0.5) is 5.13 Å². The second-order valence-corrected chi connectivity index (χ2v) is 13.6. The molecule has 2 atom stereocenters. The number of thiazole rings is 1. The van der Waals surface area contributed by atoms with Gasteiger partial charge in [0.1, 0.15) is 12.4 Å². The number of carbonyl (C=O) groups excluding carboxylic acids is 1. The van der Waals surface area contributed by atoms with Crippen LogP contribution in [-0.2, 0) is 14.8 Å². The van der Waals surface area contributed by atoms with E-state index in [0.717, 1.165) is 49.7 Å². The van der Waals surface area contributed by atoms with Gasteiger partial charge in [-0.25, -0.2) is 13.4 Å². The number of nitrogens with zero attached hydrogens (tertiary/aromatic N) is 3. The molecule has 2 bridgehead atoms. The molecule has 4 aromatic rings. The summed E-state index contributed by atoms with van der Waals surface area (Å²) >= 11 is 1.26. The van der Waals surface area contributed by atoms with Crippen molar-refractivity contribution in [1.82, 2.24) is 14.2 Å². The minimum absolute atomic E-state index is 0.256. The van der Waals surface area contributed by atoms with Gasteiger partial charge in [0.25, 0.3) is 5.91 Å². The maximum atomic E-state index is 13.5. The van der Waals surface area contributed by atoms with Gasteiger partial charge in [0.2, 0.25) is 10.0 Å². The van der Waals surface area contributed by atoms with Crippen LogP contribution in [0, 0.1) is 0 Å². The molecule has 3 aliphatic heterocycles. The van der Waals surface area contributed by atoms with Gasteiger partial charge in [0.15, 0.2) is 5.13 Å². The van der Waals surface area contributed by atoms with E-state index in [1.807, 2.05) is 36.4 Å². The van der Waals surface area contributed by atoms with Gasteiger partial charge in [-0.2, -0.15) is 4.31 Å². The van der Waals surface area contributed by atoms with Crippen molar-refractivity contribution in [2.24, 2.45) is 0 Å². The van der Waals surface area contributed by atoms with Crippen LogP contribution in [0.25, 0.3) is 21.0 Å². The maximum absolute atomic E-state index is 13.5. The second-order valence-electron chi connectivity index (χ2n) is 10.6. The van der Waals surface area contributed by atoms with E-state index in [9.17, 15) is 13.2 Å². The van der Waals surface area contributed by atoms with Gasteiger partial charge in [0, 0.05) is 32.2 Å². The van der Waals surface area contributed by atoms with Gasteiger partial charge < -0.3 is 9.47 Å². The van der Waals surface area contributed by atoms with E-state index < -0.39 is 10.0 Å². The summed E-state index contributed by atoms with van der Waals surface area (Å²) in [5.41, 5.74) is 1.07. The van der Waals surface area contributed by atoms with Crippen molar-refractivity contribution in [3.8, 4) is 5.75 Å². The summed E-state index contributed by atoms with van der Waals surface area (Å²) in [6.45, 7) is 4.05.